The number of carboxylic acid groups (broad SMARTS) is 1. The minimum absolute atomic E-state index is 0.349. The van der Waals surface area contributed by atoms with Crippen molar-refractivity contribution < 1.29 is 9.90 Å². The van der Waals surface area contributed by atoms with Crippen molar-refractivity contribution in [3.63, 3.8) is 0 Å². The number of aliphatic carboxylic acids is 1. The Kier molecular flexibility index (Phi) is 10.6. The van der Waals surface area contributed by atoms with Crippen molar-refractivity contribution in [2.24, 2.45) is 11.8 Å². The van der Waals surface area contributed by atoms with Gasteiger partial charge in [-0.05, 0) is 24.7 Å². The Bertz CT molecular complexity index is 262. The van der Waals surface area contributed by atoms with Gasteiger partial charge in [0.15, 0.2) is 0 Å². The Morgan fingerprint density at radius 1 is 0.810 bits per heavy atom. The molecule has 0 aromatic heterocycles. The summed E-state index contributed by atoms with van der Waals surface area (Å²) in [6.07, 6.45) is 19.1. The molecule has 1 rings (SSSR count). The second-order valence-corrected chi connectivity index (χ2v) is 7.01. The van der Waals surface area contributed by atoms with Gasteiger partial charge in [-0.2, -0.15) is 0 Å². The smallest absolute Gasteiger partial charge is 0.303 e. The minimum Gasteiger partial charge on any atom is -0.481 e. The van der Waals surface area contributed by atoms with Crippen LogP contribution in [0.1, 0.15) is 103 Å². The third kappa shape index (κ3) is 10.8. The molecule has 124 valence electrons. The molecular formula is C19H36O2. The van der Waals surface area contributed by atoms with Gasteiger partial charge in [0.25, 0.3) is 0 Å². The molecule has 1 fully saturated rings. The Labute approximate surface area is 131 Å². The zero-order chi connectivity index (χ0) is 15.3. The third-order valence-electron chi connectivity index (χ3n) is 4.96. The van der Waals surface area contributed by atoms with Crippen molar-refractivity contribution in [2.75, 3.05) is 0 Å². The van der Waals surface area contributed by atoms with Crippen LogP contribution in [-0.2, 0) is 4.79 Å². The van der Waals surface area contributed by atoms with Crippen molar-refractivity contribution in [1.29, 1.82) is 0 Å². The van der Waals surface area contributed by atoms with Gasteiger partial charge in [-0.1, -0.05) is 84.0 Å². The summed E-state index contributed by atoms with van der Waals surface area (Å²) in [5.41, 5.74) is 0. The normalized spacial score (nSPS) is 20.6. The van der Waals surface area contributed by atoms with E-state index in [9.17, 15) is 4.79 Å². The molecule has 0 unspecified atom stereocenters. The summed E-state index contributed by atoms with van der Waals surface area (Å²) in [7, 11) is 0. The standard InChI is InChI=1S/C19H36O2/c1-2-3-4-10-13-17-16-18(17)14-11-8-6-5-7-9-12-15-19(20)21/h17-18H,2-16H2,1H3,(H,20,21)/t17-,18-/m1/s1. The number of carboxylic acids is 1. The van der Waals surface area contributed by atoms with E-state index in [4.69, 9.17) is 5.11 Å². The summed E-state index contributed by atoms with van der Waals surface area (Å²) in [5, 5.41) is 8.55. The van der Waals surface area contributed by atoms with Crippen LogP contribution in [0.2, 0.25) is 0 Å². The lowest BCUT2D eigenvalue weighted by Crippen LogP contribution is -1.93. The lowest BCUT2D eigenvalue weighted by molar-refractivity contribution is -0.137. The maximum atomic E-state index is 10.4. The molecule has 2 nitrogen and oxygen atoms in total. The van der Waals surface area contributed by atoms with E-state index in [1.54, 1.807) is 0 Å². The number of hydrogen-bond donors (Lipinski definition) is 1. The fourth-order valence-corrected chi connectivity index (χ4v) is 3.42. The lowest BCUT2D eigenvalue weighted by Gasteiger charge is -2.02. The highest BCUT2D eigenvalue weighted by Crippen LogP contribution is 2.45. The summed E-state index contributed by atoms with van der Waals surface area (Å²) >= 11 is 0. The minimum atomic E-state index is -0.649. The summed E-state index contributed by atoms with van der Waals surface area (Å²) < 4.78 is 0. The molecule has 0 aliphatic heterocycles. The van der Waals surface area contributed by atoms with Crippen molar-refractivity contribution in [2.45, 2.75) is 103 Å². The van der Waals surface area contributed by atoms with Gasteiger partial charge in [0.05, 0.1) is 0 Å². The maximum absolute atomic E-state index is 10.4. The van der Waals surface area contributed by atoms with E-state index < -0.39 is 5.97 Å². The van der Waals surface area contributed by atoms with Gasteiger partial charge in [-0.25, -0.2) is 0 Å². The van der Waals surface area contributed by atoms with Crippen LogP contribution in [0.3, 0.4) is 0 Å². The quantitative estimate of drug-likeness (QED) is 0.366. The second kappa shape index (κ2) is 12.1. The van der Waals surface area contributed by atoms with Crippen LogP contribution in [0.5, 0.6) is 0 Å². The van der Waals surface area contributed by atoms with E-state index in [0.29, 0.717) is 6.42 Å². The Morgan fingerprint density at radius 2 is 1.29 bits per heavy atom. The number of rotatable bonds is 15. The molecule has 1 aliphatic carbocycles. The molecule has 0 saturated heterocycles. The Hall–Kier alpha value is -0.530. The lowest BCUT2D eigenvalue weighted by atomic mass is 10.0. The van der Waals surface area contributed by atoms with E-state index in [-0.39, 0.29) is 0 Å². The summed E-state index contributed by atoms with van der Waals surface area (Å²) in [5.74, 6) is 1.50. The number of hydrogen-bond acceptors (Lipinski definition) is 1. The van der Waals surface area contributed by atoms with Crippen LogP contribution in [0, 0.1) is 11.8 Å². The summed E-state index contributed by atoms with van der Waals surface area (Å²) in [6, 6.07) is 0. The molecule has 0 aromatic carbocycles. The van der Waals surface area contributed by atoms with Gasteiger partial charge in [0, 0.05) is 6.42 Å². The SMILES string of the molecule is CCCCCC[C@@H]1C[C@H]1CCCCCCCCCC(=O)O. The molecule has 1 N–H and O–H groups in total. The highest BCUT2D eigenvalue weighted by Gasteiger charge is 2.34. The highest BCUT2D eigenvalue weighted by atomic mass is 16.4. The Morgan fingerprint density at radius 3 is 1.81 bits per heavy atom. The zero-order valence-electron chi connectivity index (χ0n) is 14.1. The zero-order valence-corrected chi connectivity index (χ0v) is 14.1. The fourth-order valence-electron chi connectivity index (χ4n) is 3.42. The van der Waals surface area contributed by atoms with Gasteiger partial charge in [0.1, 0.15) is 0 Å². The van der Waals surface area contributed by atoms with Crippen LogP contribution in [0.4, 0.5) is 0 Å². The largest absolute Gasteiger partial charge is 0.481 e. The van der Waals surface area contributed by atoms with Crippen LogP contribution >= 0.6 is 0 Å². The maximum Gasteiger partial charge on any atom is 0.303 e. The average Bonchev–Trinajstić information content (AvgIpc) is 3.20. The topological polar surface area (TPSA) is 37.3 Å². The molecule has 0 aromatic rings. The van der Waals surface area contributed by atoms with Crippen molar-refractivity contribution >= 4 is 5.97 Å². The van der Waals surface area contributed by atoms with Gasteiger partial charge in [-0.15, -0.1) is 0 Å². The predicted molar refractivity (Wildman–Crippen MR) is 89.5 cm³/mol. The van der Waals surface area contributed by atoms with E-state index in [2.05, 4.69) is 6.92 Å². The van der Waals surface area contributed by atoms with E-state index in [0.717, 1.165) is 24.7 Å². The van der Waals surface area contributed by atoms with Crippen LogP contribution in [0.25, 0.3) is 0 Å². The molecule has 0 radical (unpaired) electrons. The molecule has 0 heterocycles. The monoisotopic (exact) mass is 296 g/mol. The van der Waals surface area contributed by atoms with Crippen LogP contribution < -0.4 is 0 Å². The molecule has 1 saturated carbocycles. The number of carbonyl (C=O) groups is 1. The first-order valence-electron chi connectivity index (χ1n) is 9.45. The molecule has 1 aliphatic rings. The van der Waals surface area contributed by atoms with Gasteiger partial charge in [0.2, 0.25) is 0 Å². The summed E-state index contributed by atoms with van der Waals surface area (Å²) in [4.78, 5) is 10.4. The summed E-state index contributed by atoms with van der Waals surface area (Å²) in [6.45, 7) is 2.28. The van der Waals surface area contributed by atoms with Gasteiger partial charge >= 0.3 is 5.97 Å². The molecule has 0 amide bonds. The molecule has 0 bridgehead atoms. The Balaban J connectivity index is 1.75. The van der Waals surface area contributed by atoms with Crippen LogP contribution in [-0.4, -0.2) is 11.1 Å². The van der Waals surface area contributed by atoms with Crippen molar-refractivity contribution in [1.82, 2.24) is 0 Å². The first kappa shape index (κ1) is 18.5. The fraction of sp³-hybridized carbons (Fsp3) is 0.947. The molecular weight excluding hydrogens is 260 g/mol. The third-order valence-corrected chi connectivity index (χ3v) is 4.96. The van der Waals surface area contributed by atoms with E-state index in [1.807, 2.05) is 0 Å². The predicted octanol–water partition coefficient (Wildman–Crippen LogP) is 6.19. The molecule has 21 heavy (non-hydrogen) atoms. The average molecular weight is 296 g/mol. The highest BCUT2D eigenvalue weighted by molar-refractivity contribution is 5.66. The number of unbranched alkanes of at least 4 members (excludes halogenated alkanes) is 9. The van der Waals surface area contributed by atoms with Crippen molar-refractivity contribution in [3.05, 3.63) is 0 Å². The van der Waals surface area contributed by atoms with E-state index in [1.165, 1.54) is 77.0 Å². The molecule has 2 heteroatoms. The first-order chi connectivity index (χ1) is 10.2. The van der Waals surface area contributed by atoms with Crippen molar-refractivity contribution in [3.8, 4) is 0 Å². The molecule has 0 spiro atoms. The van der Waals surface area contributed by atoms with Gasteiger partial charge in [-0.3, -0.25) is 4.79 Å². The second-order valence-electron chi connectivity index (χ2n) is 7.01. The molecule has 2 atom stereocenters. The van der Waals surface area contributed by atoms with E-state index >= 15 is 0 Å². The van der Waals surface area contributed by atoms with Gasteiger partial charge < -0.3 is 5.11 Å². The van der Waals surface area contributed by atoms with Crippen LogP contribution in [0.15, 0.2) is 0 Å². The first-order valence-corrected chi connectivity index (χ1v) is 9.45.